The molecule has 172 valence electrons. The Morgan fingerprint density at radius 1 is 1.03 bits per heavy atom. The first kappa shape index (κ1) is 23.6. The van der Waals surface area contributed by atoms with Gasteiger partial charge in [0.25, 0.3) is 0 Å². The molecule has 1 N–H and O–H groups in total. The highest BCUT2D eigenvalue weighted by Gasteiger charge is 2.28. The van der Waals surface area contributed by atoms with E-state index in [-0.39, 0.29) is 23.8 Å². The minimum atomic E-state index is -0.0971. The Labute approximate surface area is 190 Å². The van der Waals surface area contributed by atoms with Gasteiger partial charge in [-0.15, -0.1) is 0 Å². The Balaban J connectivity index is 1.48. The lowest BCUT2D eigenvalue weighted by atomic mass is 9.93. The minimum absolute atomic E-state index is 0.0235. The number of likely N-dealkylation sites (tertiary alicyclic amines) is 1. The molecule has 1 saturated heterocycles. The monoisotopic (exact) mass is 438 g/mol. The van der Waals surface area contributed by atoms with Crippen molar-refractivity contribution >= 4 is 11.8 Å². The number of hydrogen-bond donors (Lipinski definition) is 1. The molecule has 2 amide bonds. The van der Waals surface area contributed by atoms with Gasteiger partial charge in [0.15, 0.2) is 11.5 Å². The molecule has 32 heavy (non-hydrogen) atoms. The fraction of sp³-hybridized carbons (Fsp3) is 0.462. The zero-order valence-electron chi connectivity index (χ0n) is 19.3. The summed E-state index contributed by atoms with van der Waals surface area (Å²) in [4.78, 5) is 27.5. The van der Waals surface area contributed by atoms with Gasteiger partial charge in [-0.1, -0.05) is 49.4 Å². The number of amides is 2. The highest BCUT2D eigenvalue weighted by atomic mass is 16.5. The summed E-state index contributed by atoms with van der Waals surface area (Å²) in [6, 6.07) is 15.8. The number of nitrogens with zero attached hydrogens (tertiary/aromatic N) is 1. The van der Waals surface area contributed by atoms with Crippen LogP contribution in [-0.4, -0.2) is 50.1 Å². The van der Waals surface area contributed by atoms with Crippen molar-refractivity contribution in [1.82, 2.24) is 10.2 Å². The number of para-hydroxylation sites is 1. The van der Waals surface area contributed by atoms with Crippen LogP contribution in [0.3, 0.4) is 0 Å². The summed E-state index contributed by atoms with van der Waals surface area (Å²) < 4.78 is 10.8. The van der Waals surface area contributed by atoms with Gasteiger partial charge in [0.1, 0.15) is 0 Å². The van der Waals surface area contributed by atoms with Crippen LogP contribution in [0.25, 0.3) is 0 Å². The van der Waals surface area contributed by atoms with Gasteiger partial charge < -0.3 is 19.7 Å². The van der Waals surface area contributed by atoms with Crippen molar-refractivity contribution < 1.29 is 19.1 Å². The van der Waals surface area contributed by atoms with Gasteiger partial charge in [0.05, 0.1) is 20.1 Å². The van der Waals surface area contributed by atoms with E-state index in [1.54, 1.807) is 14.2 Å². The lowest BCUT2D eigenvalue weighted by molar-refractivity contribution is -0.134. The molecule has 6 nitrogen and oxygen atoms in total. The number of carbonyl (C=O) groups excluding carboxylic acids is 2. The van der Waals surface area contributed by atoms with E-state index < -0.39 is 0 Å². The molecule has 1 atom stereocenters. The molecule has 1 heterocycles. The molecular weight excluding hydrogens is 404 g/mol. The minimum Gasteiger partial charge on any atom is -0.493 e. The lowest BCUT2D eigenvalue weighted by Gasteiger charge is -2.34. The van der Waals surface area contributed by atoms with Crippen molar-refractivity contribution in [2.75, 3.05) is 27.3 Å². The number of methoxy groups -OCH3 is 2. The number of ether oxygens (including phenoxy) is 2. The average Bonchev–Trinajstić information content (AvgIpc) is 2.83. The van der Waals surface area contributed by atoms with Gasteiger partial charge in [-0.2, -0.15) is 0 Å². The summed E-state index contributed by atoms with van der Waals surface area (Å²) in [5.41, 5.74) is 2.03. The number of carbonyl (C=O) groups is 2. The zero-order chi connectivity index (χ0) is 22.9. The summed E-state index contributed by atoms with van der Waals surface area (Å²) in [5, 5.41) is 3.14. The van der Waals surface area contributed by atoms with Gasteiger partial charge in [-0.3, -0.25) is 9.59 Å². The number of benzene rings is 2. The predicted molar refractivity (Wildman–Crippen MR) is 125 cm³/mol. The van der Waals surface area contributed by atoms with Crippen LogP contribution in [-0.2, 0) is 16.0 Å². The fourth-order valence-electron chi connectivity index (χ4n) is 4.40. The molecule has 0 spiro atoms. The van der Waals surface area contributed by atoms with E-state index in [4.69, 9.17) is 9.47 Å². The first-order valence-corrected chi connectivity index (χ1v) is 11.4. The first-order valence-electron chi connectivity index (χ1n) is 11.4. The average molecular weight is 439 g/mol. The van der Waals surface area contributed by atoms with Crippen LogP contribution in [0, 0.1) is 0 Å². The maximum absolute atomic E-state index is 13.0. The Bertz CT molecular complexity index is 892. The number of piperidine rings is 1. The highest BCUT2D eigenvalue weighted by molar-refractivity contribution is 5.84. The maximum atomic E-state index is 13.0. The van der Waals surface area contributed by atoms with Crippen LogP contribution in [0.5, 0.6) is 11.5 Å². The number of aryl methyl sites for hydroxylation is 1. The van der Waals surface area contributed by atoms with Crippen LogP contribution >= 0.6 is 0 Å². The standard InChI is InChI=1S/C26H34N2O4/c1-4-22(19-9-6-5-7-10-19)26(30)28-17-15-21(16-18-28)27-24(29)14-13-20-11-8-12-23(31-2)25(20)32-3/h5-12,21-22H,4,13-18H2,1-3H3,(H,27,29). The fourth-order valence-corrected chi connectivity index (χ4v) is 4.40. The molecule has 1 unspecified atom stereocenters. The molecule has 3 rings (SSSR count). The van der Waals surface area contributed by atoms with E-state index in [2.05, 4.69) is 12.2 Å². The van der Waals surface area contributed by atoms with Gasteiger partial charge in [0.2, 0.25) is 11.8 Å². The first-order chi connectivity index (χ1) is 15.6. The molecule has 0 aromatic heterocycles. The Morgan fingerprint density at radius 3 is 2.38 bits per heavy atom. The molecule has 0 radical (unpaired) electrons. The molecule has 6 heteroatoms. The van der Waals surface area contributed by atoms with Crippen molar-refractivity contribution in [3.63, 3.8) is 0 Å². The second-order valence-corrected chi connectivity index (χ2v) is 8.19. The topological polar surface area (TPSA) is 67.9 Å². The van der Waals surface area contributed by atoms with E-state index in [0.29, 0.717) is 37.4 Å². The molecule has 0 saturated carbocycles. The van der Waals surface area contributed by atoms with Crippen molar-refractivity contribution in [2.45, 2.75) is 51.0 Å². The van der Waals surface area contributed by atoms with Crippen molar-refractivity contribution in [3.05, 3.63) is 59.7 Å². The van der Waals surface area contributed by atoms with Gasteiger partial charge in [0, 0.05) is 25.6 Å². The van der Waals surface area contributed by atoms with E-state index in [9.17, 15) is 9.59 Å². The Hall–Kier alpha value is -3.02. The molecule has 0 bridgehead atoms. The molecule has 0 aliphatic carbocycles. The number of rotatable bonds is 9. The van der Waals surface area contributed by atoms with Crippen LogP contribution in [0.4, 0.5) is 0 Å². The maximum Gasteiger partial charge on any atom is 0.230 e. The molecule has 1 aliphatic heterocycles. The lowest BCUT2D eigenvalue weighted by Crippen LogP contribution is -2.47. The summed E-state index contributed by atoms with van der Waals surface area (Å²) >= 11 is 0. The van der Waals surface area contributed by atoms with E-state index in [0.717, 1.165) is 30.4 Å². The van der Waals surface area contributed by atoms with Crippen molar-refractivity contribution in [2.24, 2.45) is 0 Å². The van der Waals surface area contributed by atoms with Gasteiger partial charge in [-0.05, 0) is 42.9 Å². The van der Waals surface area contributed by atoms with Gasteiger partial charge in [-0.25, -0.2) is 0 Å². The van der Waals surface area contributed by atoms with Crippen LogP contribution in [0.15, 0.2) is 48.5 Å². The SMILES string of the molecule is CCC(C(=O)N1CCC(NC(=O)CCc2cccc(OC)c2OC)CC1)c1ccccc1. The second-order valence-electron chi connectivity index (χ2n) is 8.19. The Kier molecular flexibility index (Phi) is 8.54. The molecule has 1 aliphatic rings. The third kappa shape index (κ3) is 5.81. The summed E-state index contributed by atoms with van der Waals surface area (Å²) in [5.74, 6) is 1.46. The second kappa shape index (κ2) is 11.6. The summed E-state index contributed by atoms with van der Waals surface area (Å²) in [6.45, 7) is 3.41. The summed E-state index contributed by atoms with van der Waals surface area (Å²) in [7, 11) is 3.21. The van der Waals surface area contributed by atoms with Crippen LogP contribution in [0.1, 0.15) is 49.7 Å². The molecule has 2 aromatic rings. The Morgan fingerprint density at radius 2 is 1.75 bits per heavy atom. The normalized spacial score (nSPS) is 15.2. The quantitative estimate of drug-likeness (QED) is 0.644. The number of hydrogen-bond acceptors (Lipinski definition) is 4. The van der Waals surface area contributed by atoms with Crippen molar-refractivity contribution in [3.8, 4) is 11.5 Å². The van der Waals surface area contributed by atoms with Crippen LogP contribution < -0.4 is 14.8 Å². The van der Waals surface area contributed by atoms with E-state index >= 15 is 0 Å². The largest absolute Gasteiger partial charge is 0.493 e. The third-order valence-electron chi connectivity index (χ3n) is 6.19. The zero-order valence-corrected chi connectivity index (χ0v) is 19.3. The van der Waals surface area contributed by atoms with E-state index in [1.807, 2.05) is 53.4 Å². The van der Waals surface area contributed by atoms with Gasteiger partial charge >= 0.3 is 0 Å². The highest BCUT2D eigenvalue weighted by Crippen LogP contribution is 2.31. The third-order valence-corrected chi connectivity index (χ3v) is 6.19. The smallest absolute Gasteiger partial charge is 0.230 e. The molecule has 2 aromatic carbocycles. The van der Waals surface area contributed by atoms with Crippen LogP contribution in [0.2, 0.25) is 0 Å². The van der Waals surface area contributed by atoms with E-state index in [1.165, 1.54) is 0 Å². The van der Waals surface area contributed by atoms with Crippen molar-refractivity contribution in [1.29, 1.82) is 0 Å². The molecule has 1 fully saturated rings. The number of nitrogens with one attached hydrogen (secondary N) is 1. The predicted octanol–water partition coefficient (Wildman–Crippen LogP) is 3.94. The molecular formula is C26H34N2O4. The summed E-state index contributed by atoms with van der Waals surface area (Å²) in [6.07, 6.45) is 3.32.